The van der Waals surface area contributed by atoms with E-state index in [2.05, 4.69) is 4.90 Å². The Hall–Kier alpha value is -1.85. The van der Waals surface area contributed by atoms with Crippen LogP contribution in [0.15, 0.2) is 24.3 Å². The molecule has 0 aromatic heterocycles. The number of likely N-dealkylation sites (N-methyl/N-ethyl adjacent to an activating group) is 1. The highest BCUT2D eigenvalue weighted by atomic mass is 16.5. The normalized spacial score (nSPS) is 52.7. The second-order valence-electron chi connectivity index (χ2n) is 6.98. The van der Waals surface area contributed by atoms with Gasteiger partial charge in [0, 0.05) is 5.56 Å². The Bertz CT molecular complexity index is 817. The zero-order valence-corrected chi connectivity index (χ0v) is 11.3. The number of likely N-dealkylation sites (tertiary alicyclic amines) is 1. The third-order valence-corrected chi connectivity index (χ3v) is 6.57. The molecule has 106 valence electrons. The molecule has 2 aliphatic heterocycles. The lowest BCUT2D eigenvalue weighted by molar-refractivity contribution is -0.130. The van der Waals surface area contributed by atoms with Crippen LogP contribution < -0.4 is 4.74 Å². The molecule has 0 radical (unpaired) electrons. The van der Waals surface area contributed by atoms with Crippen LogP contribution in [0.2, 0.25) is 0 Å². The summed E-state index contributed by atoms with van der Waals surface area (Å²) in [6, 6.07) is 3.55. The minimum absolute atomic E-state index is 0.0107. The standard InChI is InChI=1S/C16H13NO4/c1-17-13-15(17)6-14-10-7(15)2-3-8(18)11(10)21-12(14)9(19)4-5-16(13,14)20/h2-5,12-13,18,20H,6H2,1H3. The van der Waals surface area contributed by atoms with E-state index in [1.54, 1.807) is 12.1 Å². The van der Waals surface area contributed by atoms with Gasteiger partial charge in [0.05, 0.1) is 17.0 Å². The molecule has 5 heteroatoms. The fraction of sp³-hybridized carbons (Fsp3) is 0.438. The molecule has 3 aliphatic carbocycles. The van der Waals surface area contributed by atoms with Crippen LogP contribution in [-0.4, -0.2) is 45.7 Å². The molecule has 2 spiro atoms. The maximum absolute atomic E-state index is 12.3. The first-order valence-corrected chi connectivity index (χ1v) is 7.20. The molecule has 1 saturated carbocycles. The number of hydrogen-bond acceptors (Lipinski definition) is 5. The van der Waals surface area contributed by atoms with Crippen molar-refractivity contribution in [3.63, 3.8) is 0 Å². The monoisotopic (exact) mass is 283 g/mol. The second-order valence-corrected chi connectivity index (χ2v) is 6.98. The first kappa shape index (κ1) is 10.8. The number of fused-ring (bicyclic) bond motifs is 1. The number of phenolic OH excluding ortho intramolecular Hbond substituents is 1. The summed E-state index contributed by atoms with van der Waals surface area (Å²) in [7, 11) is 2.01. The molecule has 0 amide bonds. The predicted molar refractivity (Wildman–Crippen MR) is 71.1 cm³/mol. The highest BCUT2D eigenvalue weighted by molar-refractivity contribution is 6.00. The molecule has 2 bridgehead atoms. The number of hydrogen-bond donors (Lipinski definition) is 2. The van der Waals surface area contributed by atoms with Crippen LogP contribution in [0, 0.1) is 0 Å². The number of carbonyl (C=O) groups excluding carboxylic acids is 1. The third kappa shape index (κ3) is 0.701. The van der Waals surface area contributed by atoms with E-state index in [0.717, 1.165) is 11.1 Å². The lowest BCUT2D eigenvalue weighted by Crippen LogP contribution is -2.61. The van der Waals surface area contributed by atoms with E-state index in [0.29, 0.717) is 12.2 Å². The molecule has 2 fully saturated rings. The molecule has 5 aliphatic rings. The number of aromatic hydroxyl groups is 1. The van der Waals surface area contributed by atoms with Gasteiger partial charge in [-0.15, -0.1) is 0 Å². The number of carbonyl (C=O) groups is 1. The first-order chi connectivity index (χ1) is 9.98. The van der Waals surface area contributed by atoms with Crippen molar-refractivity contribution in [2.24, 2.45) is 0 Å². The molecule has 2 N–H and O–H groups in total. The summed E-state index contributed by atoms with van der Waals surface area (Å²) in [6.07, 6.45) is 3.08. The number of aliphatic hydroxyl groups is 1. The van der Waals surface area contributed by atoms with Crippen LogP contribution >= 0.6 is 0 Å². The molecule has 6 unspecified atom stereocenters. The fourth-order valence-corrected chi connectivity index (χ4v) is 5.87. The fourth-order valence-electron chi connectivity index (χ4n) is 5.87. The van der Waals surface area contributed by atoms with E-state index >= 15 is 0 Å². The Labute approximate surface area is 120 Å². The quantitative estimate of drug-likeness (QED) is 0.665. The number of ether oxygens (including phenoxy) is 1. The molecule has 1 aromatic rings. The van der Waals surface area contributed by atoms with Crippen molar-refractivity contribution in [2.45, 2.75) is 35.1 Å². The minimum Gasteiger partial charge on any atom is -0.504 e. The van der Waals surface area contributed by atoms with Crippen LogP contribution in [-0.2, 0) is 15.7 Å². The molecule has 2 heterocycles. The Kier molecular flexibility index (Phi) is 1.29. The van der Waals surface area contributed by atoms with Gasteiger partial charge in [-0.1, -0.05) is 6.07 Å². The largest absolute Gasteiger partial charge is 0.504 e. The van der Waals surface area contributed by atoms with E-state index < -0.39 is 17.1 Å². The van der Waals surface area contributed by atoms with Crippen molar-refractivity contribution < 1.29 is 19.7 Å². The smallest absolute Gasteiger partial charge is 0.196 e. The Balaban J connectivity index is 1.82. The molecule has 1 saturated heterocycles. The van der Waals surface area contributed by atoms with Crippen molar-refractivity contribution in [1.82, 2.24) is 4.90 Å². The SMILES string of the molecule is CN1C2C13CC14c5c3ccc(O)c5OC1C(=O)C=CC24O. The van der Waals surface area contributed by atoms with Crippen molar-refractivity contribution in [3.8, 4) is 11.5 Å². The van der Waals surface area contributed by atoms with Gasteiger partial charge in [-0.05, 0) is 37.3 Å². The summed E-state index contributed by atoms with van der Waals surface area (Å²) >= 11 is 0. The Morgan fingerprint density at radius 3 is 3.05 bits per heavy atom. The van der Waals surface area contributed by atoms with Gasteiger partial charge < -0.3 is 14.9 Å². The Morgan fingerprint density at radius 1 is 1.43 bits per heavy atom. The van der Waals surface area contributed by atoms with Crippen molar-refractivity contribution >= 4 is 5.78 Å². The van der Waals surface area contributed by atoms with Gasteiger partial charge in [-0.3, -0.25) is 9.69 Å². The minimum atomic E-state index is -1.09. The van der Waals surface area contributed by atoms with Gasteiger partial charge in [0.25, 0.3) is 0 Å². The van der Waals surface area contributed by atoms with E-state index in [-0.39, 0.29) is 23.1 Å². The van der Waals surface area contributed by atoms with Crippen molar-refractivity contribution in [1.29, 1.82) is 0 Å². The molecule has 1 aromatic carbocycles. The van der Waals surface area contributed by atoms with Crippen LogP contribution in [0.5, 0.6) is 11.5 Å². The van der Waals surface area contributed by atoms with E-state index in [4.69, 9.17) is 4.74 Å². The molecule has 5 nitrogen and oxygen atoms in total. The summed E-state index contributed by atoms with van der Waals surface area (Å²) < 4.78 is 5.82. The van der Waals surface area contributed by atoms with E-state index in [1.165, 1.54) is 6.08 Å². The number of nitrogens with zero attached hydrogens (tertiary/aromatic N) is 1. The molecular formula is C16H13NO4. The van der Waals surface area contributed by atoms with Crippen LogP contribution in [0.25, 0.3) is 0 Å². The van der Waals surface area contributed by atoms with Crippen LogP contribution in [0.3, 0.4) is 0 Å². The lowest BCUT2D eigenvalue weighted by atomic mass is 9.62. The van der Waals surface area contributed by atoms with Crippen molar-refractivity contribution in [2.75, 3.05) is 7.05 Å². The number of rotatable bonds is 0. The summed E-state index contributed by atoms with van der Waals surface area (Å²) in [5.74, 6) is 0.322. The summed E-state index contributed by atoms with van der Waals surface area (Å²) in [5, 5.41) is 21.5. The lowest BCUT2D eigenvalue weighted by Gasteiger charge is -2.44. The molecule has 6 rings (SSSR count). The average molecular weight is 283 g/mol. The molecular weight excluding hydrogens is 270 g/mol. The summed E-state index contributed by atoms with van der Waals surface area (Å²) in [5.41, 5.74) is -0.0543. The summed E-state index contributed by atoms with van der Waals surface area (Å²) in [6.45, 7) is 0. The maximum atomic E-state index is 12.3. The van der Waals surface area contributed by atoms with Gasteiger partial charge in [0.2, 0.25) is 0 Å². The Morgan fingerprint density at radius 2 is 2.24 bits per heavy atom. The second kappa shape index (κ2) is 2.51. The number of benzene rings is 1. The first-order valence-electron chi connectivity index (χ1n) is 7.20. The highest BCUT2D eigenvalue weighted by Gasteiger charge is 2.90. The topological polar surface area (TPSA) is 69.8 Å². The van der Waals surface area contributed by atoms with E-state index in [1.807, 2.05) is 13.1 Å². The van der Waals surface area contributed by atoms with Crippen LogP contribution in [0.4, 0.5) is 0 Å². The zero-order chi connectivity index (χ0) is 14.4. The van der Waals surface area contributed by atoms with E-state index in [9.17, 15) is 15.0 Å². The number of piperidine rings is 1. The predicted octanol–water partition coefficient (Wildman–Crippen LogP) is 0.188. The van der Waals surface area contributed by atoms with Gasteiger partial charge >= 0.3 is 0 Å². The van der Waals surface area contributed by atoms with Gasteiger partial charge in [0.1, 0.15) is 5.60 Å². The van der Waals surface area contributed by atoms with Gasteiger partial charge in [-0.2, -0.15) is 0 Å². The third-order valence-electron chi connectivity index (χ3n) is 6.57. The maximum Gasteiger partial charge on any atom is 0.196 e. The van der Waals surface area contributed by atoms with Crippen molar-refractivity contribution in [3.05, 3.63) is 35.4 Å². The van der Waals surface area contributed by atoms with Crippen LogP contribution in [0.1, 0.15) is 17.5 Å². The molecule has 6 atom stereocenters. The zero-order valence-electron chi connectivity index (χ0n) is 11.3. The number of ketones is 1. The number of phenols is 1. The average Bonchev–Trinajstić information content (AvgIpc) is 2.76. The summed E-state index contributed by atoms with van der Waals surface area (Å²) in [4.78, 5) is 14.5. The van der Waals surface area contributed by atoms with Gasteiger partial charge in [0.15, 0.2) is 23.4 Å². The molecule has 21 heavy (non-hydrogen) atoms. The highest BCUT2D eigenvalue weighted by Crippen LogP contribution is 2.80. The van der Waals surface area contributed by atoms with Gasteiger partial charge in [-0.25, -0.2) is 0 Å².